The Balaban J connectivity index is 1.94. The van der Waals surface area contributed by atoms with Crippen molar-refractivity contribution in [3.63, 3.8) is 0 Å². The van der Waals surface area contributed by atoms with Gasteiger partial charge in [-0.15, -0.1) is 0 Å². The first-order chi connectivity index (χ1) is 14.3. The summed E-state index contributed by atoms with van der Waals surface area (Å²) < 4.78 is 58.6. The monoisotopic (exact) mass is 426 g/mol. The first-order valence-electron chi connectivity index (χ1n) is 9.71. The smallest absolute Gasteiger partial charge is 0.467 e. The summed E-state index contributed by atoms with van der Waals surface area (Å²) in [5.41, 5.74) is 0.246. The van der Waals surface area contributed by atoms with Gasteiger partial charge in [-0.3, -0.25) is 9.59 Å². The first-order valence-corrected chi connectivity index (χ1v) is 9.71. The zero-order valence-corrected chi connectivity index (χ0v) is 16.1. The Bertz CT molecular complexity index is 844. The van der Waals surface area contributed by atoms with Crippen LogP contribution in [0.25, 0.3) is 0 Å². The van der Waals surface area contributed by atoms with Crippen molar-refractivity contribution in [2.45, 2.75) is 56.9 Å². The minimum atomic E-state index is -5.20. The molecule has 2 amide bonds. The van der Waals surface area contributed by atoms with Gasteiger partial charge in [-0.1, -0.05) is 31.4 Å². The van der Waals surface area contributed by atoms with Crippen molar-refractivity contribution >= 4 is 11.8 Å². The maximum atomic E-state index is 13.4. The lowest BCUT2D eigenvalue weighted by molar-refractivity contribution is -0.190. The van der Waals surface area contributed by atoms with Crippen LogP contribution in [-0.2, 0) is 16.1 Å². The normalized spacial score (nSPS) is 16.1. The molecule has 5 nitrogen and oxygen atoms in total. The average Bonchev–Trinajstić information content (AvgIpc) is 3.23. The number of benzene rings is 1. The molecule has 1 heterocycles. The summed E-state index contributed by atoms with van der Waals surface area (Å²) in [4.78, 5) is 25.7. The summed E-state index contributed by atoms with van der Waals surface area (Å²) in [5, 5.41) is 2.77. The third kappa shape index (κ3) is 5.40. The van der Waals surface area contributed by atoms with Crippen LogP contribution in [0.2, 0.25) is 0 Å². The second-order valence-corrected chi connectivity index (χ2v) is 7.32. The summed E-state index contributed by atoms with van der Waals surface area (Å²) in [6.07, 6.45) is 0.343. The summed E-state index contributed by atoms with van der Waals surface area (Å²) in [7, 11) is 0. The highest BCUT2D eigenvalue weighted by Crippen LogP contribution is 2.30. The van der Waals surface area contributed by atoms with Gasteiger partial charge in [0.05, 0.1) is 6.26 Å². The van der Waals surface area contributed by atoms with Crippen molar-refractivity contribution in [2.24, 2.45) is 0 Å². The molecule has 1 fully saturated rings. The first kappa shape index (κ1) is 21.9. The highest BCUT2D eigenvalue weighted by atomic mass is 19.4. The third-order valence-corrected chi connectivity index (χ3v) is 5.09. The second-order valence-electron chi connectivity index (χ2n) is 7.32. The molecule has 1 aliphatic rings. The zero-order valence-electron chi connectivity index (χ0n) is 16.1. The van der Waals surface area contributed by atoms with Crippen molar-refractivity contribution < 1.29 is 31.6 Å². The molecule has 1 N–H and O–H groups in total. The molecule has 1 saturated carbocycles. The Hall–Kier alpha value is -2.84. The van der Waals surface area contributed by atoms with Crippen LogP contribution in [0.15, 0.2) is 47.1 Å². The number of hydrogen-bond acceptors (Lipinski definition) is 3. The van der Waals surface area contributed by atoms with E-state index in [9.17, 15) is 27.2 Å². The molecule has 0 aliphatic heterocycles. The fourth-order valence-electron chi connectivity index (χ4n) is 3.63. The quantitative estimate of drug-likeness (QED) is 0.692. The minimum absolute atomic E-state index is 0.0805. The van der Waals surface area contributed by atoms with Crippen LogP contribution in [-0.4, -0.2) is 28.9 Å². The van der Waals surface area contributed by atoms with Crippen LogP contribution in [0.4, 0.5) is 17.6 Å². The summed E-state index contributed by atoms with van der Waals surface area (Å²) in [6, 6.07) is 5.70. The fourth-order valence-corrected chi connectivity index (χ4v) is 3.63. The Kier molecular flexibility index (Phi) is 6.79. The molecule has 1 aromatic heterocycles. The molecular weight excluding hydrogens is 404 g/mol. The van der Waals surface area contributed by atoms with Crippen LogP contribution in [0.1, 0.15) is 49.5 Å². The maximum Gasteiger partial charge on any atom is 0.471 e. The molecule has 1 atom stereocenters. The van der Waals surface area contributed by atoms with E-state index in [-0.39, 0.29) is 17.4 Å². The van der Waals surface area contributed by atoms with E-state index < -0.39 is 36.4 Å². The molecule has 30 heavy (non-hydrogen) atoms. The van der Waals surface area contributed by atoms with E-state index in [4.69, 9.17) is 4.42 Å². The van der Waals surface area contributed by atoms with Gasteiger partial charge in [0.25, 0.3) is 5.91 Å². The molecule has 0 spiro atoms. The van der Waals surface area contributed by atoms with Gasteiger partial charge < -0.3 is 14.6 Å². The highest BCUT2D eigenvalue weighted by molar-refractivity contribution is 5.90. The number of rotatable bonds is 6. The molecule has 3 rings (SSSR count). The lowest BCUT2D eigenvalue weighted by Gasteiger charge is -2.32. The predicted octanol–water partition coefficient (Wildman–Crippen LogP) is 4.50. The van der Waals surface area contributed by atoms with Gasteiger partial charge in [0.15, 0.2) is 6.04 Å². The lowest BCUT2D eigenvalue weighted by atomic mass is 9.95. The van der Waals surface area contributed by atoms with Gasteiger partial charge in [-0.25, -0.2) is 4.39 Å². The van der Waals surface area contributed by atoms with Crippen molar-refractivity contribution in [2.75, 3.05) is 0 Å². The van der Waals surface area contributed by atoms with Crippen molar-refractivity contribution in [3.8, 4) is 0 Å². The van der Waals surface area contributed by atoms with E-state index in [1.165, 1.54) is 30.5 Å². The van der Waals surface area contributed by atoms with E-state index in [1.807, 2.05) is 0 Å². The molecule has 0 bridgehead atoms. The molecule has 0 saturated heterocycles. The van der Waals surface area contributed by atoms with Gasteiger partial charge in [-0.05, 0) is 42.7 Å². The molecule has 0 unspecified atom stereocenters. The molecule has 9 heteroatoms. The van der Waals surface area contributed by atoms with Crippen LogP contribution in [0, 0.1) is 5.82 Å². The molecule has 2 aromatic rings. The molecule has 1 aliphatic carbocycles. The second kappa shape index (κ2) is 9.32. The van der Waals surface area contributed by atoms with Gasteiger partial charge >= 0.3 is 12.1 Å². The average molecular weight is 426 g/mol. The van der Waals surface area contributed by atoms with Crippen molar-refractivity contribution in [1.29, 1.82) is 0 Å². The van der Waals surface area contributed by atoms with Gasteiger partial charge in [-0.2, -0.15) is 13.2 Å². The van der Waals surface area contributed by atoms with Crippen LogP contribution in [0.5, 0.6) is 0 Å². The number of carbonyl (C=O) groups excluding carboxylic acids is 2. The largest absolute Gasteiger partial charge is 0.471 e. The number of hydrogen-bond donors (Lipinski definition) is 1. The predicted molar refractivity (Wildman–Crippen MR) is 99.5 cm³/mol. The van der Waals surface area contributed by atoms with Gasteiger partial charge in [0.1, 0.15) is 11.6 Å². The number of alkyl halides is 3. The van der Waals surface area contributed by atoms with Crippen molar-refractivity contribution in [3.05, 3.63) is 59.8 Å². The standard InChI is InChI=1S/C21H22F4N2O3/c22-15-10-8-14(9-11-15)13-27(20(29)21(23,24)25)18(17-7-4-12-30-17)19(28)26-16-5-2-1-3-6-16/h4,7-12,16,18H,1-3,5-6,13H2,(H,26,28)/t18-/m0/s1. The van der Waals surface area contributed by atoms with Crippen LogP contribution in [0.3, 0.4) is 0 Å². The number of halogens is 4. The Labute approximate surface area is 171 Å². The van der Waals surface area contributed by atoms with E-state index in [0.717, 1.165) is 44.2 Å². The summed E-state index contributed by atoms with van der Waals surface area (Å²) in [6.45, 7) is -0.540. The number of amides is 2. The van der Waals surface area contributed by atoms with E-state index >= 15 is 0 Å². The van der Waals surface area contributed by atoms with Crippen molar-refractivity contribution in [1.82, 2.24) is 10.2 Å². The van der Waals surface area contributed by atoms with Gasteiger partial charge in [0.2, 0.25) is 0 Å². The molecule has 162 valence electrons. The number of nitrogens with one attached hydrogen (secondary N) is 1. The Morgan fingerprint density at radius 3 is 2.33 bits per heavy atom. The number of carbonyl (C=O) groups is 2. The van der Waals surface area contributed by atoms with Crippen LogP contribution >= 0.6 is 0 Å². The van der Waals surface area contributed by atoms with Crippen LogP contribution < -0.4 is 5.32 Å². The molecule has 1 aromatic carbocycles. The lowest BCUT2D eigenvalue weighted by Crippen LogP contribution is -2.50. The molecule has 0 radical (unpaired) electrons. The highest BCUT2D eigenvalue weighted by Gasteiger charge is 2.47. The Morgan fingerprint density at radius 1 is 1.10 bits per heavy atom. The summed E-state index contributed by atoms with van der Waals surface area (Å²) >= 11 is 0. The number of furan rings is 1. The number of nitrogens with zero attached hydrogens (tertiary/aromatic N) is 1. The van der Waals surface area contributed by atoms with E-state index in [2.05, 4.69) is 5.32 Å². The maximum absolute atomic E-state index is 13.4. The third-order valence-electron chi connectivity index (χ3n) is 5.09. The fraction of sp³-hybridized carbons (Fsp3) is 0.429. The minimum Gasteiger partial charge on any atom is -0.467 e. The summed E-state index contributed by atoms with van der Waals surface area (Å²) in [5.74, 6) is -3.56. The van der Waals surface area contributed by atoms with E-state index in [1.54, 1.807) is 0 Å². The Morgan fingerprint density at radius 2 is 1.77 bits per heavy atom. The van der Waals surface area contributed by atoms with E-state index in [0.29, 0.717) is 4.90 Å². The van der Waals surface area contributed by atoms with Gasteiger partial charge in [0, 0.05) is 12.6 Å². The molecular formula is C21H22F4N2O3. The zero-order chi connectivity index (χ0) is 21.7. The SMILES string of the molecule is O=C(NC1CCCCC1)[C@H](c1ccco1)N(Cc1ccc(F)cc1)C(=O)C(F)(F)F. The topological polar surface area (TPSA) is 62.6 Å².